The van der Waals surface area contributed by atoms with Crippen LogP contribution in [-0.4, -0.2) is 36.6 Å². The topological polar surface area (TPSA) is 29.5 Å². The van der Waals surface area contributed by atoms with Gasteiger partial charge in [-0.2, -0.15) is 0 Å². The van der Waals surface area contributed by atoms with Crippen molar-refractivity contribution in [3.63, 3.8) is 0 Å². The molecular formula is C12H16BrNO2S. The molecule has 5 heteroatoms. The summed E-state index contributed by atoms with van der Waals surface area (Å²) < 4.78 is 6.39. The van der Waals surface area contributed by atoms with E-state index in [-0.39, 0.29) is 11.5 Å². The number of rotatable bonds is 2. The number of halogens is 1. The van der Waals surface area contributed by atoms with Crippen LogP contribution in [0.4, 0.5) is 0 Å². The van der Waals surface area contributed by atoms with Crippen molar-refractivity contribution in [1.29, 1.82) is 0 Å². The zero-order chi connectivity index (χ0) is 12.5. The van der Waals surface area contributed by atoms with Gasteiger partial charge in [0.15, 0.2) is 0 Å². The highest BCUT2D eigenvalue weighted by Gasteiger charge is 2.34. The number of ether oxygens (including phenoxy) is 1. The zero-order valence-corrected chi connectivity index (χ0v) is 12.4. The van der Waals surface area contributed by atoms with Gasteiger partial charge in [-0.3, -0.25) is 4.79 Å². The Morgan fingerprint density at radius 2 is 2.41 bits per heavy atom. The molecule has 0 spiro atoms. The first-order chi connectivity index (χ1) is 8.06. The van der Waals surface area contributed by atoms with Gasteiger partial charge in [0.05, 0.1) is 5.60 Å². The molecule has 3 nitrogen and oxygen atoms in total. The highest BCUT2D eigenvalue weighted by molar-refractivity contribution is 9.10. The molecule has 1 atom stereocenters. The van der Waals surface area contributed by atoms with Gasteiger partial charge in [-0.25, -0.2) is 0 Å². The summed E-state index contributed by atoms with van der Waals surface area (Å²) >= 11 is 4.89. The van der Waals surface area contributed by atoms with E-state index in [0.717, 1.165) is 28.7 Å². The molecule has 0 bridgehead atoms. The van der Waals surface area contributed by atoms with Gasteiger partial charge in [0.1, 0.15) is 4.88 Å². The standard InChI is InChI=1S/C12H16BrNO2S/c1-12(16-2)5-3-6-14(8-12)11(15)10-9(13)4-7-17-10/h4,7H,3,5-6,8H2,1-2H3/t12-/m1/s1. The molecule has 1 saturated heterocycles. The highest BCUT2D eigenvalue weighted by Crippen LogP contribution is 2.29. The van der Waals surface area contributed by atoms with Gasteiger partial charge in [0.2, 0.25) is 0 Å². The smallest absolute Gasteiger partial charge is 0.265 e. The number of likely N-dealkylation sites (tertiary alicyclic amines) is 1. The Balaban J connectivity index is 2.13. The van der Waals surface area contributed by atoms with E-state index < -0.39 is 0 Å². The van der Waals surface area contributed by atoms with Crippen LogP contribution in [0.15, 0.2) is 15.9 Å². The zero-order valence-electron chi connectivity index (χ0n) is 10.0. The van der Waals surface area contributed by atoms with Crippen LogP contribution in [0.3, 0.4) is 0 Å². The van der Waals surface area contributed by atoms with E-state index in [4.69, 9.17) is 4.74 Å². The first-order valence-corrected chi connectivity index (χ1v) is 7.30. The SMILES string of the molecule is CO[C@]1(C)CCCN(C(=O)c2sccc2Br)C1. The summed E-state index contributed by atoms with van der Waals surface area (Å²) in [5.41, 5.74) is -0.197. The summed E-state index contributed by atoms with van der Waals surface area (Å²) in [6.07, 6.45) is 2.01. The maximum Gasteiger partial charge on any atom is 0.265 e. The number of methoxy groups -OCH3 is 1. The first-order valence-electron chi connectivity index (χ1n) is 5.63. The predicted octanol–water partition coefficient (Wildman–Crippen LogP) is 3.15. The summed E-state index contributed by atoms with van der Waals surface area (Å²) in [6, 6.07) is 1.91. The summed E-state index contributed by atoms with van der Waals surface area (Å²) in [5.74, 6) is 0.106. The van der Waals surface area contributed by atoms with Crippen molar-refractivity contribution in [3.8, 4) is 0 Å². The summed E-state index contributed by atoms with van der Waals surface area (Å²) in [5, 5.41) is 1.93. The van der Waals surface area contributed by atoms with Crippen LogP contribution in [0, 0.1) is 0 Å². The molecule has 0 radical (unpaired) electrons. The summed E-state index contributed by atoms with van der Waals surface area (Å²) in [7, 11) is 1.72. The molecule has 17 heavy (non-hydrogen) atoms. The first kappa shape index (κ1) is 13.1. The van der Waals surface area contributed by atoms with Crippen molar-refractivity contribution in [1.82, 2.24) is 4.90 Å². The molecule has 1 amide bonds. The Labute approximate surface area is 114 Å². The van der Waals surface area contributed by atoms with Crippen LogP contribution in [0.2, 0.25) is 0 Å². The molecule has 0 aliphatic carbocycles. The maximum absolute atomic E-state index is 12.3. The molecule has 0 N–H and O–H groups in total. The van der Waals surface area contributed by atoms with Gasteiger partial charge in [0.25, 0.3) is 5.91 Å². The molecule has 1 aliphatic rings. The van der Waals surface area contributed by atoms with Gasteiger partial charge in [-0.05, 0) is 47.1 Å². The number of nitrogens with zero attached hydrogens (tertiary/aromatic N) is 1. The van der Waals surface area contributed by atoms with Gasteiger partial charge in [-0.1, -0.05) is 0 Å². The molecule has 2 rings (SSSR count). The van der Waals surface area contributed by atoms with E-state index in [0.29, 0.717) is 6.54 Å². The molecule has 1 aromatic rings. The van der Waals surface area contributed by atoms with E-state index in [2.05, 4.69) is 22.9 Å². The Kier molecular flexibility index (Phi) is 3.90. The van der Waals surface area contributed by atoms with Gasteiger partial charge < -0.3 is 9.64 Å². The van der Waals surface area contributed by atoms with Crippen LogP contribution in [0.5, 0.6) is 0 Å². The fourth-order valence-electron chi connectivity index (χ4n) is 2.14. The van der Waals surface area contributed by atoms with E-state index >= 15 is 0 Å². The van der Waals surface area contributed by atoms with Crippen molar-refractivity contribution in [2.45, 2.75) is 25.4 Å². The number of thiophene rings is 1. The van der Waals surface area contributed by atoms with Crippen LogP contribution >= 0.6 is 27.3 Å². The quantitative estimate of drug-likeness (QED) is 0.838. The van der Waals surface area contributed by atoms with E-state index in [1.165, 1.54) is 11.3 Å². The molecular weight excluding hydrogens is 302 g/mol. The number of hydrogen-bond donors (Lipinski definition) is 0. The summed E-state index contributed by atoms with van der Waals surface area (Å²) in [6.45, 7) is 3.56. The van der Waals surface area contributed by atoms with Gasteiger partial charge in [-0.15, -0.1) is 11.3 Å². The second-order valence-corrected chi connectivity index (χ2v) is 6.35. The fourth-order valence-corrected chi connectivity index (χ4v) is 3.64. The minimum absolute atomic E-state index is 0.106. The lowest BCUT2D eigenvalue weighted by molar-refractivity contribution is -0.0439. The lowest BCUT2D eigenvalue weighted by atomic mass is 9.94. The number of amides is 1. The van der Waals surface area contributed by atoms with Crippen molar-refractivity contribution in [3.05, 3.63) is 20.8 Å². The van der Waals surface area contributed by atoms with Crippen LogP contribution in [-0.2, 0) is 4.74 Å². The van der Waals surface area contributed by atoms with Crippen LogP contribution < -0.4 is 0 Å². The molecule has 0 aromatic carbocycles. The Morgan fingerprint density at radius 1 is 1.65 bits per heavy atom. The highest BCUT2D eigenvalue weighted by atomic mass is 79.9. The molecule has 1 fully saturated rings. The largest absolute Gasteiger partial charge is 0.377 e. The van der Waals surface area contributed by atoms with Crippen molar-refractivity contribution in [2.24, 2.45) is 0 Å². The molecule has 1 aromatic heterocycles. The Morgan fingerprint density at radius 3 is 3.00 bits per heavy atom. The van der Waals surface area contributed by atoms with E-state index in [1.54, 1.807) is 7.11 Å². The average Bonchev–Trinajstić information content (AvgIpc) is 2.75. The monoisotopic (exact) mass is 317 g/mol. The van der Waals surface area contributed by atoms with Crippen molar-refractivity contribution in [2.75, 3.05) is 20.2 Å². The second kappa shape index (κ2) is 5.08. The number of carbonyl (C=O) groups excluding carboxylic acids is 1. The minimum Gasteiger partial charge on any atom is -0.377 e. The average molecular weight is 318 g/mol. The fraction of sp³-hybridized carbons (Fsp3) is 0.583. The van der Waals surface area contributed by atoms with Crippen molar-refractivity contribution >= 4 is 33.2 Å². The number of hydrogen-bond acceptors (Lipinski definition) is 3. The minimum atomic E-state index is -0.197. The van der Waals surface area contributed by atoms with Crippen LogP contribution in [0.25, 0.3) is 0 Å². The molecule has 94 valence electrons. The normalized spacial score (nSPS) is 25.0. The van der Waals surface area contributed by atoms with Gasteiger partial charge >= 0.3 is 0 Å². The lowest BCUT2D eigenvalue weighted by Gasteiger charge is -2.39. The predicted molar refractivity (Wildman–Crippen MR) is 72.6 cm³/mol. The van der Waals surface area contributed by atoms with Gasteiger partial charge in [0, 0.05) is 24.7 Å². The second-order valence-electron chi connectivity index (χ2n) is 4.58. The lowest BCUT2D eigenvalue weighted by Crippen LogP contribution is -2.49. The molecule has 0 unspecified atom stereocenters. The van der Waals surface area contributed by atoms with Crippen molar-refractivity contribution < 1.29 is 9.53 Å². The summed E-state index contributed by atoms with van der Waals surface area (Å²) in [4.78, 5) is 15.0. The molecule has 0 saturated carbocycles. The number of piperidine rings is 1. The third kappa shape index (κ3) is 2.72. The molecule has 2 heterocycles. The molecule has 1 aliphatic heterocycles. The third-order valence-corrected chi connectivity index (χ3v) is 5.08. The van der Waals surface area contributed by atoms with E-state index in [9.17, 15) is 4.79 Å². The van der Waals surface area contributed by atoms with Crippen LogP contribution in [0.1, 0.15) is 29.4 Å². The number of carbonyl (C=O) groups is 1. The Hall–Kier alpha value is -0.390. The Bertz CT molecular complexity index is 420. The maximum atomic E-state index is 12.3. The van der Waals surface area contributed by atoms with E-state index in [1.807, 2.05) is 16.3 Å². The third-order valence-electron chi connectivity index (χ3n) is 3.25.